The van der Waals surface area contributed by atoms with Gasteiger partial charge in [0.2, 0.25) is 0 Å². The first kappa shape index (κ1) is 7.54. The largest absolute Gasteiger partial charge is 0.469 e. The highest BCUT2D eigenvalue weighted by Gasteiger charge is 2.21. The topological polar surface area (TPSA) is 38.8 Å². The Hall–Kier alpha value is -0.570. The maximum atomic E-state index is 10.6. The SMILES string of the molecule is COC(=O)CCCC1CO1. The zero-order chi connectivity index (χ0) is 7.40. The van der Waals surface area contributed by atoms with Gasteiger partial charge in [-0.05, 0) is 12.8 Å². The van der Waals surface area contributed by atoms with E-state index in [-0.39, 0.29) is 5.97 Å². The molecule has 0 radical (unpaired) electrons. The van der Waals surface area contributed by atoms with Gasteiger partial charge in [-0.2, -0.15) is 0 Å². The smallest absolute Gasteiger partial charge is 0.305 e. The Labute approximate surface area is 60.3 Å². The van der Waals surface area contributed by atoms with Crippen LogP contribution < -0.4 is 0 Å². The molecule has 0 aliphatic carbocycles. The van der Waals surface area contributed by atoms with Gasteiger partial charge >= 0.3 is 5.97 Å². The summed E-state index contributed by atoms with van der Waals surface area (Å²) >= 11 is 0. The van der Waals surface area contributed by atoms with Crippen molar-refractivity contribution in [2.75, 3.05) is 13.7 Å². The molecule has 0 bridgehead atoms. The van der Waals surface area contributed by atoms with Gasteiger partial charge in [-0.25, -0.2) is 0 Å². The summed E-state index contributed by atoms with van der Waals surface area (Å²) in [5.74, 6) is -0.124. The fourth-order valence-corrected chi connectivity index (χ4v) is 0.811. The van der Waals surface area contributed by atoms with Crippen molar-refractivity contribution in [1.82, 2.24) is 0 Å². The summed E-state index contributed by atoms with van der Waals surface area (Å²) in [5.41, 5.74) is 0. The van der Waals surface area contributed by atoms with Gasteiger partial charge in [-0.1, -0.05) is 0 Å². The highest BCUT2D eigenvalue weighted by atomic mass is 16.6. The molecule has 1 unspecified atom stereocenters. The van der Waals surface area contributed by atoms with Gasteiger partial charge in [0.15, 0.2) is 0 Å². The second-order valence-electron chi connectivity index (χ2n) is 2.42. The minimum atomic E-state index is -0.124. The summed E-state index contributed by atoms with van der Waals surface area (Å²) in [6, 6.07) is 0. The second kappa shape index (κ2) is 3.56. The molecule has 10 heavy (non-hydrogen) atoms. The molecule has 0 amide bonds. The van der Waals surface area contributed by atoms with Crippen LogP contribution in [0, 0.1) is 0 Å². The van der Waals surface area contributed by atoms with Crippen molar-refractivity contribution < 1.29 is 14.3 Å². The first-order valence-electron chi connectivity index (χ1n) is 3.51. The van der Waals surface area contributed by atoms with Crippen molar-refractivity contribution in [3.05, 3.63) is 0 Å². The van der Waals surface area contributed by atoms with Crippen LogP contribution in [0.1, 0.15) is 19.3 Å². The number of ether oxygens (including phenoxy) is 2. The zero-order valence-electron chi connectivity index (χ0n) is 6.13. The lowest BCUT2D eigenvalue weighted by Gasteiger charge is -1.95. The minimum absolute atomic E-state index is 0.124. The van der Waals surface area contributed by atoms with Crippen LogP contribution in [-0.4, -0.2) is 25.8 Å². The quantitative estimate of drug-likeness (QED) is 0.431. The summed E-state index contributed by atoms with van der Waals surface area (Å²) < 4.78 is 9.44. The average molecular weight is 144 g/mol. The number of hydrogen-bond acceptors (Lipinski definition) is 3. The molecule has 0 saturated carbocycles. The number of methoxy groups -OCH3 is 1. The van der Waals surface area contributed by atoms with Crippen molar-refractivity contribution >= 4 is 5.97 Å². The van der Waals surface area contributed by atoms with Crippen LogP contribution in [0.5, 0.6) is 0 Å². The number of hydrogen-bond donors (Lipinski definition) is 0. The van der Waals surface area contributed by atoms with Crippen molar-refractivity contribution in [2.24, 2.45) is 0 Å². The molecular weight excluding hydrogens is 132 g/mol. The van der Waals surface area contributed by atoms with Crippen molar-refractivity contribution in [3.63, 3.8) is 0 Å². The molecule has 0 aromatic heterocycles. The minimum Gasteiger partial charge on any atom is -0.469 e. The normalized spacial score (nSPS) is 22.3. The number of epoxide rings is 1. The van der Waals surface area contributed by atoms with Crippen LogP contribution in [0.4, 0.5) is 0 Å². The molecule has 58 valence electrons. The molecule has 1 saturated heterocycles. The predicted molar refractivity (Wildman–Crippen MR) is 35.6 cm³/mol. The van der Waals surface area contributed by atoms with E-state index in [2.05, 4.69) is 4.74 Å². The van der Waals surface area contributed by atoms with Gasteiger partial charge in [0.25, 0.3) is 0 Å². The van der Waals surface area contributed by atoms with E-state index in [1.165, 1.54) is 7.11 Å². The van der Waals surface area contributed by atoms with Crippen LogP contribution in [0.25, 0.3) is 0 Å². The summed E-state index contributed by atoms with van der Waals surface area (Å²) in [7, 11) is 1.41. The Balaban J connectivity index is 1.88. The summed E-state index contributed by atoms with van der Waals surface area (Å²) in [6.07, 6.45) is 2.84. The third kappa shape index (κ3) is 2.82. The van der Waals surface area contributed by atoms with Crippen molar-refractivity contribution in [3.8, 4) is 0 Å². The molecule has 1 aliphatic rings. The lowest BCUT2D eigenvalue weighted by atomic mass is 10.2. The average Bonchev–Trinajstić information content (AvgIpc) is 2.71. The Bertz CT molecular complexity index is 118. The highest BCUT2D eigenvalue weighted by Crippen LogP contribution is 2.16. The van der Waals surface area contributed by atoms with E-state index < -0.39 is 0 Å². The Morgan fingerprint density at radius 1 is 1.80 bits per heavy atom. The van der Waals surface area contributed by atoms with E-state index >= 15 is 0 Å². The van der Waals surface area contributed by atoms with Crippen LogP contribution in [0.2, 0.25) is 0 Å². The van der Waals surface area contributed by atoms with Crippen LogP contribution in [0.15, 0.2) is 0 Å². The fraction of sp³-hybridized carbons (Fsp3) is 0.857. The third-order valence-corrected chi connectivity index (χ3v) is 1.54. The molecule has 1 atom stereocenters. The first-order chi connectivity index (χ1) is 4.83. The molecule has 1 rings (SSSR count). The summed E-state index contributed by atoms with van der Waals surface area (Å²) in [5, 5.41) is 0. The van der Waals surface area contributed by atoms with Gasteiger partial charge in [0.1, 0.15) is 0 Å². The summed E-state index contributed by atoms with van der Waals surface area (Å²) in [6.45, 7) is 0.876. The van der Waals surface area contributed by atoms with Crippen molar-refractivity contribution in [2.45, 2.75) is 25.4 Å². The number of carbonyl (C=O) groups excluding carboxylic acids is 1. The molecule has 1 fully saturated rings. The number of carbonyl (C=O) groups is 1. The molecule has 0 aromatic carbocycles. The van der Waals surface area contributed by atoms with E-state index in [0.29, 0.717) is 12.5 Å². The van der Waals surface area contributed by atoms with E-state index in [1.54, 1.807) is 0 Å². The Morgan fingerprint density at radius 3 is 3.00 bits per heavy atom. The predicted octanol–water partition coefficient (Wildman–Crippen LogP) is 0.728. The number of esters is 1. The number of rotatable bonds is 4. The Kier molecular flexibility index (Phi) is 2.68. The van der Waals surface area contributed by atoms with E-state index in [1.807, 2.05) is 0 Å². The molecule has 0 spiro atoms. The molecule has 3 heteroatoms. The maximum Gasteiger partial charge on any atom is 0.305 e. The molecule has 3 nitrogen and oxygen atoms in total. The highest BCUT2D eigenvalue weighted by molar-refractivity contribution is 5.68. The molecule has 1 aliphatic heterocycles. The first-order valence-corrected chi connectivity index (χ1v) is 3.51. The van der Waals surface area contributed by atoms with E-state index in [4.69, 9.17) is 4.74 Å². The van der Waals surface area contributed by atoms with Crippen LogP contribution in [-0.2, 0) is 14.3 Å². The Morgan fingerprint density at radius 2 is 2.50 bits per heavy atom. The van der Waals surface area contributed by atoms with Crippen LogP contribution >= 0.6 is 0 Å². The monoisotopic (exact) mass is 144 g/mol. The lowest BCUT2D eigenvalue weighted by Crippen LogP contribution is -2.00. The van der Waals surface area contributed by atoms with Gasteiger partial charge in [-0.3, -0.25) is 4.79 Å². The molecular formula is C7H12O3. The summed E-state index contributed by atoms with van der Waals surface area (Å²) in [4.78, 5) is 10.6. The van der Waals surface area contributed by atoms with Crippen LogP contribution in [0.3, 0.4) is 0 Å². The van der Waals surface area contributed by atoms with E-state index in [0.717, 1.165) is 19.4 Å². The third-order valence-electron chi connectivity index (χ3n) is 1.54. The van der Waals surface area contributed by atoms with Gasteiger partial charge in [0.05, 0.1) is 19.8 Å². The molecule has 0 aromatic rings. The van der Waals surface area contributed by atoms with Gasteiger partial charge in [0, 0.05) is 6.42 Å². The molecule has 1 heterocycles. The van der Waals surface area contributed by atoms with Gasteiger partial charge in [-0.15, -0.1) is 0 Å². The molecule has 0 N–H and O–H groups in total. The zero-order valence-corrected chi connectivity index (χ0v) is 6.13. The van der Waals surface area contributed by atoms with Crippen molar-refractivity contribution in [1.29, 1.82) is 0 Å². The van der Waals surface area contributed by atoms with E-state index in [9.17, 15) is 4.79 Å². The maximum absolute atomic E-state index is 10.6. The lowest BCUT2D eigenvalue weighted by molar-refractivity contribution is -0.140. The second-order valence-corrected chi connectivity index (χ2v) is 2.42. The standard InChI is InChI=1S/C7H12O3/c1-9-7(8)4-2-3-6-5-10-6/h6H,2-5H2,1H3. The fourth-order valence-electron chi connectivity index (χ4n) is 0.811. The van der Waals surface area contributed by atoms with Gasteiger partial charge < -0.3 is 9.47 Å².